The van der Waals surface area contributed by atoms with Crippen molar-refractivity contribution in [1.29, 1.82) is 0 Å². The van der Waals surface area contributed by atoms with E-state index in [9.17, 15) is 5.11 Å². The third-order valence-electron chi connectivity index (χ3n) is 3.91. The molecule has 1 fully saturated rings. The fraction of sp³-hybridized carbons (Fsp3) is 0.278. The number of halogens is 1. The lowest BCUT2D eigenvalue weighted by atomic mass is 10.2. The molecule has 120 valence electrons. The molecule has 0 aromatic heterocycles. The first-order valence-electron chi connectivity index (χ1n) is 7.74. The first kappa shape index (κ1) is 15.8. The van der Waals surface area contributed by atoms with Crippen molar-refractivity contribution in [3.8, 4) is 5.75 Å². The molecule has 0 bridgehead atoms. The zero-order chi connectivity index (χ0) is 16.1. The van der Waals surface area contributed by atoms with Gasteiger partial charge in [0.25, 0.3) is 0 Å². The van der Waals surface area contributed by atoms with E-state index in [0.29, 0.717) is 0 Å². The summed E-state index contributed by atoms with van der Waals surface area (Å²) >= 11 is 5.92. The van der Waals surface area contributed by atoms with E-state index in [1.165, 1.54) is 5.56 Å². The highest BCUT2D eigenvalue weighted by atomic mass is 35.5. The van der Waals surface area contributed by atoms with Crippen LogP contribution in [0, 0.1) is 0 Å². The number of phenols is 1. The highest BCUT2D eigenvalue weighted by molar-refractivity contribution is 6.30. The number of benzene rings is 2. The van der Waals surface area contributed by atoms with E-state index in [-0.39, 0.29) is 5.75 Å². The van der Waals surface area contributed by atoms with Crippen LogP contribution in [-0.4, -0.2) is 47.4 Å². The molecule has 0 aliphatic carbocycles. The SMILES string of the molecule is Oc1cccc(/C=N\N2CCN(Cc3ccc(Cl)cc3)CC2)c1. The normalized spacial score (nSPS) is 16.1. The Kier molecular flexibility index (Phi) is 5.16. The Morgan fingerprint density at radius 3 is 2.48 bits per heavy atom. The molecule has 0 atom stereocenters. The number of phenolic OH excluding ortho intramolecular Hbond substituents is 1. The van der Waals surface area contributed by atoms with Gasteiger partial charge in [-0.05, 0) is 35.4 Å². The van der Waals surface area contributed by atoms with Gasteiger partial charge < -0.3 is 5.11 Å². The summed E-state index contributed by atoms with van der Waals surface area (Å²) in [4.78, 5) is 2.42. The van der Waals surface area contributed by atoms with Crippen LogP contribution >= 0.6 is 11.6 Å². The van der Waals surface area contributed by atoms with Crippen molar-refractivity contribution < 1.29 is 5.11 Å². The number of hydrogen-bond donors (Lipinski definition) is 1. The quantitative estimate of drug-likeness (QED) is 0.876. The molecule has 2 aromatic rings. The van der Waals surface area contributed by atoms with Crippen molar-refractivity contribution in [2.45, 2.75) is 6.54 Å². The van der Waals surface area contributed by atoms with Gasteiger partial charge in [0, 0.05) is 37.7 Å². The van der Waals surface area contributed by atoms with Crippen LogP contribution in [0.2, 0.25) is 5.02 Å². The molecule has 0 unspecified atom stereocenters. The zero-order valence-electron chi connectivity index (χ0n) is 12.9. The maximum atomic E-state index is 9.45. The minimum absolute atomic E-state index is 0.265. The molecule has 1 saturated heterocycles. The van der Waals surface area contributed by atoms with Crippen LogP contribution in [0.5, 0.6) is 5.75 Å². The summed E-state index contributed by atoms with van der Waals surface area (Å²) in [6.07, 6.45) is 1.80. The molecule has 1 aliphatic heterocycles. The fourth-order valence-electron chi connectivity index (χ4n) is 2.61. The van der Waals surface area contributed by atoms with Gasteiger partial charge in [-0.2, -0.15) is 5.10 Å². The standard InChI is InChI=1S/C18H20ClN3O/c19-17-6-4-15(5-7-17)14-21-8-10-22(11-9-21)20-13-16-2-1-3-18(23)12-16/h1-7,12-13,23H,8-11,14H2/b20-13-. The third kappa shape index (κ3) is 4.71. The van der Waals surface area contributed by atoms with Gasteiger partial charge in [-0.1, -0.05) is 35.9 Å². The van der Waals surface area contributed by atoms with Crippen molar-refractivity contribution in [2.24, 2.45) is 5.10 Å². The smallest absolute Gasteiger partial charge is 0.116 e. The van der Waals surface area contributed by atoms with Gasteiger partial charge in [0.1, 0.15) is 5.75 Å². The van der Waals surface area contributed by atoms with Gasteiger partial charge in [-0.3, -0.25) is 9.91 Å². The number of hydrazone groups is 1. The summed E-state index contributed by atoms with van der Waals surface area (Å²) in [5, 5.41) is 16.8. The first-order valence-corrected chi connectivity index (χ1v) is 8.11. The van der Waals surface area contributed by atoms with Gasteiger partial charge in [-0.15, -0.1) is 0 Å². The van der Waals surface area contributed by atoms with Crippen LogP contribution < -0.4 is 0 Å². The Morgan fingerprint density at radius 1 is 1.04 bits per heavy atom. The predicted molar refractivity (Wildman–Crippen MR) is 94.0 cm³/mol. The Labute approximate surface area is 141 Å². The van der Waals surface area contributed by atoms with E-state index in [0.717, 1.165) is 43.3 Å². The second-order valence-electron chi connectivity index (χ2n) is 5.70. The Bertz CT molecular complexity index is 664. The van der Waals surface area contributed by atoms with Crippen molar-refractivity contribution in [1.82, 2.24) is 9.91 Å². The van der Waals surface area contributed by atoms with Gasteiger partial charge in [0.05, 0.1) is 6.21 Å². The van der Waals surface area contributed by atoms with E-state index < -0.39 is 0 Å². The number of hydrogen-bond acceptors (Lipinski definition) is 4. The second-order valence-corrected chi connectivity index (χ2v) is 6.13. The highest BCUT2D eigenvalue weighted by Gasteiger charge is 2.15. The molecule has 23 heavy (non-hydrogen) atoms. The van der Waals surface area contributed by atoms with Crippen LogP contribution in [-0.2, 0) is 6.54 Å². The van der Waals surface area contributed by atoms with Crippen molar-refractivity contribution in [3.63, 3.8) is 0 Å². The zero-order valence-corrected chi connectivity index (χ0v) is 13.7. The fourth-order valence-corrected chi connectivity index (χ4v) is 2.74. The molecule has 1 aliphatic rings. The Balaban J connectivity index is 1.49. The maximum absolute atomic E-state index is 9.45. The molecule has 0 spiro atoms. The van der Waals surface area contributed by atoms with Crippen LogP contribution in [0.3, 0.4) is 0 Å². The van der Waals surface area contributed by atoms with Gasteiger partial charge in [0.15, 0.2) is 0 Å². The lowest BCUT2D eigenvalue weighted by Crippen LogP contribution is -2.43. The monoisotopic (exact) mass is 329 g/mol. The summed E-state index contributed by atoms with van der Waals surface area (Å²) in [5.74, 6) is 0.265. The molecule has 3 rings (SSSR count). The van der Waals surface area contributed by atoms with Gasteiger partial charge in [-0.25, -0.2) is 0 Å². The average molecular weight is 330 g/mol. The first-order chi connectivity index (χ1) is 11.2. The summed E-state index contributed by atoms with van der Waals surface area (Å²) < 4.78 is 0. The Morgan fingerprint density at radius 2 is 1.78 bits per heavy atom. The van der Waals surface area contributed by atoms with Crippen LogP contribution in [0.15, 0.2) is 53.6 Å². The highest BCUT2D eigenvalue weighted by Crippen LogP contribution is 2.13. The molecular formula is C18H20ClN3O. The largest absolute Gasteiger partial charge is 0.508 e. The molecule has 5 heteroatoms. The van der Waals surface area contributed by atoms with Crippen LogP contribution in [0.1, 0.15) is 11.1 Å². The van der Waals surface area contributed by atoms with Crippen LogP contribution in [0.25, 0.3) is 0 Å². The van der Waals surface area contributed by atoms with E-state index in [1.54, 1.807) is 18.3 Å². The lowest BCUT2D eigenvalue weighted by molar-refractivity contribution is 0.131. The Hall–Kier alpha value is -2.04. The molecule has 4 nitrogen and oxygen atoms in total. The summed E-state index contributed by atoms with van der Waals surface area (Å²) in [6.45, 7) is 4.73. The van der Waals surface area contributed by atoms with E-state index in [4.69, 9.17) is 11.6 Å². The van der Waals surface area contributed by atoms with Crippen molar-refractivity contribution in [3.05, 3.63) is 64.7 Å². The molecule has 0 radical (unpaired) electrons. The minimum Gasteiger partial charge on any atom is -0.508 e. The molecule has 2 aromatic carbocycles. The molecule has 1 N–H and O–H groups in total. The number of nitrogens with zero attached hydrogens (tertiary/aromatic N) is 3. The van der Waals surface area contributed by atoms with Gasteiger partial charge >= 0.3 is 0 Å². The van der Waals surface area contributed by atoms with Crippen molar-refractivity contribution in [2.75, 3.05) is 26.2 Å². The third-order valence-corrected chi connectivity index (χ3v) is 4.16. The van der Waals surface area contributed by atoms with Crippen molar-refractivity contribution >= 4 is 17.8 Å². The van der Waals surface area contributed by atoms with Gasteiger partial charge in [0.2, 0.25) is 0 Å². The summed E-state index contributed by atoms with van der Waals surface area (Å²) in [6, 6.07) is 15.1. The number of rotatable bonds is 4. The maximum Gasteiger partial charge on any atom is 0.116 e. The molecule has 1 heterocycles. The van der Waals surface area contributed by atoms with Crippen LogP contribution in [0.4, 0.5) is 0 Å². The topological polar surface area (TPSA) is 39.1 Å². The van der Waals surface area contributed by atoms with E-state index >= 15 is 0 Å². The minimum atomic E-state index is 0.265. The number of piperazine rings is 1. The molecular weight excluding hydrogens is 310 g/mol. The average Bonchev–Trinajstić information content (AvgIpc) is 2.56. The summed E-state index contributed by atoms with van der Waals surface area (Å²) in [7, 11) is 0. The molecule has 0 amide bonds. The summed E-state index contributed by atoms with van der Waals surface area (Å²) in [5.41, 5.74) is 2.19. The molecule has 0 saturated carbocycles. The predicted octanol–water partition coefficient (Wildman–Crippen LogP) is 3.20. The van der Waals surface area contributed by atoms with E-state index in [2.05, 4.69) is 27.1 Å². The van der Waals surface area contributed by atoms with E-state index in [1.807, 2.05) is 24.3 Å². The lowest BCUT2D eigenvalue weighted by Gasteiger charge is -2.33. The number of aromatic hydroxyl groups is 1. The second kappa shape index (κ2) is 7.49.